The average molecular weight is 447 g/mol. The van der Waals surface area contributed by atoms with Crippen LogP contribution < -0.4 is 5.32 Å². The largest absolute Gasteiger partial charge is 0.461 e. The smallest absolute Gasteiger partial charge is 0.231 e. The van der Waals surface area contributed by atoms with Gasteiger partial charge in [0.15, 0.2) is 10.9 Å². The Morgan fingerprint density at radius 2 is 1.91 bits per heavy atom. The van der Waals surface area contributed by atoms with Gasteiger partial charge in [0, 0.05) is 5.56 Å². The molecule has 160 valence electrons. The van der Waals surface area contributed by atoms with Gasteiger partial charge in [-0.2, -0.15) is 5.26 Å². The summed E-state index contributed by atoms with van der Waals surface area (Å²) in [5.74, 6) is 0.130. The van der Waals surface area contributed by atoms with Crippen LogP contribution in [0.5, 0.6) is 0 Å². The number of aromatic nitrogens is 3. The number of carbonyl (C=O) groups excluding carboxylic acids is 1. The zero-order valence-corrected chi connectivity index (χ0v) is 17.6. The number of rotatable bonds is 8. The molecular formula is C23H18FN5O2S. The van der Waals surface area contributed by atoms with E-state index in [4.69, 9.17) is 4.42 Å². The maximum atomic E-state index is 14.0. The number of thioether (sulfide) groups is 1. The maximum absolute atomic E-state index is 14.0. The molecule has 0 fully saturated rings. The number of carbonyl (C=O) groups is 1. The lowest BCUT2D eigenvalue weighted by Crippen LogP contribution is -2.29. The number of nitriles is 1. The summed E-state index contributed by atoms with van der Waals surface area (Å²) < 4.78 is 21.3. The van der Waals surface area contributed by atoms with Crippen molar-refractivity contribution in [3.63, 3.8) is 0 Å². The fraction of sp³-hybridized carbons (Fsp3) is 0.130. The van der Waals surface area contributed by atoms with E-state index in [1.165, 1.54) is 30.0 Å². The second-order valence-electron chi connectivity index (χ2n) is 6.80. The van der Waals surface area contributed by atoms with Crippen molar-refractivity contribution < 1.29 is 13.6 Å². The van der Waals surface area contributed by atoms with Crippen molar-refractivity contribution in [3.8, 4) is 17.7 Å². The number of furan rings is 1. The lowest BCUT2D eigenvalue weighted by Gasteiger charge is -2.13. The molecule has 32 heavy (non-hydrogen) atoms. The minimum atomic E-state index is -1.08. The Balaban J connectivity index is 1.50. The topological polar surface area (TPSA) is 96.7 Å². The van der Waals surface area contributed by atoms with Crippen LogP contribution in [0.3, 0.4) is 0 Å². The molecule has 1 N–H and O–H groups in total. The van der Waals surface area contributed by atoms with Gasteiger partial charge < -0.3 is 9.73 Å². The summed E-state index contributed by atoms with van der Waals surface area (Å²) >= 11 is 1.18. The molecule has 0 radical (unpaired) electrons. The number of nitrogens with zero attached hydrogens (tertiary/aromatic N) is 4. The molecule has 0 bridgehead atoms. The van der Waals surface area contributed by atoms with Gasteiger partial charge in [0.2, 0.25) is 11.7 Å². The third-order valence-electron chi connectivity index (χ3n) is 4.62. The molecule has 1 unspecified atom stereocenters. The lowest BCUT2D eigenvalue weighted by molar-refractivity contribution is -0.118. The van der Waals surface area contributed by atoms with Crippen LogP contribution in [0.25, 0.3) is 11.6 Å². The highest BCUT2D eigenvalue weighted by Crippen LogP contribution is 2.26. The first-order chi connectivity index (χ1) is 15.7. The van der Waals surface area contributed by atoms with Crippen LogP contribution in [0.15, 0.2) is 82.6 Å². The Morgan fingerprint density at radius 3 is 2.62 bits per heavy atom. The molecule has 4 rings (SSSR count). The van der Waals surface area contributed by atoms with Crippen molar-refractivity contribution in [3.05, 3.63) is 89.9 Å². The molecule has 4 aromatic rings. The molecule has 0 saturated heterocycles. The van der Waals surface area contributed by atoms with Crippen LogP contribution in [-0.4, -0.2) is 26.4 Å². The van der Waals surface area contributed by atoms with Gasteiger partial charge in [-0.1, -0.05) is 60.3 Å². The van der Waals surface area contributed by atoms with Crippen LogP contribution in [0, 0.1) is 17.1 Å². The van der Waals surface area contributed by atoms with E-state index < -0.39 is 17.8 Å². The zero-order valence-electron chi connectivity index (χ0n) is 16.8. The van der Waals surface area contributed by atoms with Crippen molar-refractivity contribution in [1.82, 2.24) is 20.1 Å². The van der Waals surface area contributed by atoms with Gasteiger partial charge in [0.25, 0.3) is 0 Å². The van der Waals surface area contributed by atoms with E-state index >= 15 is 0 Å². The molecule has 0 spiro atoms. The molecule has 0 aliphatic carbocycles. The van der Waals surface area contributed by atoms with Crippen molar-refractivity contribution in [2.45, 2.75) is 17.7 Å². The number of hydrogen-bond acceptors (Lipinski definition) is 6. The molecule has 2 aromatic carbocycles. The van der Waals surface area contributed by atoms with Gasteiger partial charge >= 0.3 is 0 Å². The molecule has 9 heteroatoms. The third kappa shape index (κ3) is 4.87. The number of nitrogens with one attached hydrogen (secondary N) is 1. The fourth-order valence-electron chi connectivity index (χ4n) is 3.11. The van der Waals surface area contributed by atoms with Crippen molar-refractivity contribution in [2.24, 2.45) is 0 Å². The van der Waals surface area contributed by atoms with E-state index in [9.17, 15) is 14.4 Å². The Bertz CT molecular complexity index is 1240. The Morgan fingerprint density at radius 1 is 1.12 bits per heavy atom. The molecule has 7 nitrogen and oxygen atoms in total. The van der Waals surface area contributed by atoms with E-state index in [1.54, 1.807) is 24.5 Å². The highest BCUT2D eigenvalue weighted by Gasteiger charge is 2.20. The molecule has 0 aliphatic rings. The molecule has 0 saturated carbocycles. The average Bonchev–Trinajstić information content (AvgIpc) is 3.47. The highest BCUT2D eigenvalue weighted by atomic mass is 32.2. The molecule has 2 heterocycles. The summed E-state index contributed by atoms with van der Waals surface area (Å²) in [5, 5.41) is 20.9. The first-order valence-electron chi connectivity index (χ1n) is 9.73. The normalized spacial score (nSPS) is 11.6. The lowest BCUT2D eigenvalue weighted by atomic mass is 10.1. The minimum Gasteiger partial charge on any atom is -0.461 e. The van der Waals surface area contributed by atoms with E-state index in [-0.39, 0.29) is 11.3 Å². The Labute approximate surface area is 187 Å². The first-order valence-corrected chi connectivity index (χ1v) is 10.7. The van der Waals surface area contributed by atoms with Gasteiger partial charge in [-0.3, -0.25) is 9.36 Å². The van der Waals surface area contributed by atoms with Gasteiger partial charge in [0.05, 0.1) is 24.6 Å². The predicted octanol–water partition coefficient (Wildman–Crippen LogP) is 4.20. The van der Waals surface area contributed by atoms with Crippen LogP contribution in [0.4, 0.5) is 4.39 Å². The van der Waals surface area contributed by atoms with Crippen LogP contribution in [0.2, 0.25) is 0 Å². The Kier molecular flexibility index (Phi) is 6.63. The van der Waals surface area contributed by atoms with Gasteiger partial charge in [-0.25, -0.2) is 4.39 Å². The van der Waals surface area contributed by atoms with Gasteiger partial charge in [0.1, 0.15) is 11.9 Å². The SMILES string of the molecule is N#CC(NC(=O)CSc1nnc(-c2ccco2)n1Cc1ccccc1)c1ccccc1F. The summed E-state index contributed by atoms with van der Waals surface area (Å²) in [4.78, 5) is 12.5. The Hall–Kier alpha value is -3.90. The summed E-state index contributed by atoms with van der Waals surface area (Å²) in [7, 11) is 0. The minimum absolute atomic E-state index is 0.0162. The van der Waals surface area contributed by atoms with Crippen molar-refractivity contribution in [1.29, 1.82) is 5.26 Å². The first kappa shape index (κ1) is 21.3. The second-order valence-corrected chi connectivity index (χ2v) is 7.74. The highest BCUT2D eigenvalue weighted by molar-refractivity contribution is 7.99. The number of hydrogen-bond donors (Lipinski definition) is 1. The van der Waals surface area contributed by atoms with Gasteiger partial charge in [-0.15, -0.1) is 10.2 Å². The van der Waals surface area contributed by atoms with Crippen LogP contribution >= 0.6 is 11.8 Å². The summed E-state index contributed by atoms with van der Waals surface area (Å²) in [6, 6.07) is 20.1. The number of benzene rings is 2. The van der Waals surface area contributed by atoms with E-state index in [0.717, 1.165) is 5.56 Å². The molecule has 1 atom stereocenters. The summed E-state index contributed by atoms with van der Waals surface area (Å²) in [6.07, 6.45) is 1.56. The zero-order chi connectivity index (χ0) is 22.3. The second kappa shape index (κ2) is 9.94. The van der Waals surface area contributed by atoms with Crippen molar-refractivity contribution >= 4 is 17.7 Å². The maximum Gasteiger partial charge on any atom is 0.231 e. The number of halogens is 1. The van der Waals surface area contributed by atoms with Crippen LogP contribution in [-0.2, 0) is 11.3 Å². The molecule has 2 aromatic heterocycles. The predicted molar refractivity (Wildman–Crippen MR) is 117 cm³/mol. The summed E-state index contributed by atoms with van der Waals surface area (Å²) in [5.41, 5.74) is 1.16. The van der Waals surface area contributed by atoms with E-state index in [2.05, 4.69) is 15.5 Å². The number of amides is 1. The molecule has 0 aliphatic heterocycles. The quantitative estimate of drug-likeness (QED) is 0.407. The van der Waals surface area contributed by atoms with Crippen molar-refractivity contribution in [2.75, 3.05) is 5.75 Å². The molecule has 1 amide bonds. The monoisotopic (exact) mass is 447 g/mol. The molecular weight excluding hydrogens is 429 g/mol. The third-order valence-corrected chi connectivity index (χ3v) is 5.59. The van der Waals surface area contributed by atoms with Gasteiger partial charge in [-0.05, 0) is 23.8 Å². The fourth-order valence-corrected chi connectivity index (χ4v) is 3.86. The van der Waals surface area contributed by atoms with Crippen LogP contribution in [0.1, 0.15) is 17.2 Å². The standard InChI is InChI=1S/C23H18FN5O2S/c24-18-10-5-4-9-17(18)19(13-25)26-21(30)15-32-23-28-27-22(20-11-6-12-31-20)29(23)14-16-7-2-1-3-8-16/h1-12,19H,14-15H2,(H,26,30). The summed E-state index contributed by atoms with van der Waals surface area (Å²) in [6.45, 7) is 0.490. The van der Waals surface area contributed by atoms with E-state index in [1.807, 2.05) is 41.0 Å². The van der Waals surface area contributed by atoms with E-state index in [0.29, 0.717) is 23.3 Å².